The number of hydrogen-bond donors (Lipinski definition) is 3. The van der Waals surface area contributed by atoms with Crippen molar-refractivity contribution in [1.82, 2.24) is 4.90 Å². The number of amides is 4. The van der Waals surface area contributed by atoms with Crippen LogP contribution in [0.5, 0.6) is 0 Å². The lowest BCUT2D eigenvalue weighted by atomic mass is 9.76. The number of nitrogens with two attached hydrogens (primary N) is 2. The number of quaternary nitrogens is 1. The van der Waals surface area contributed by atoms with Gasteiger partial charge >= 0.3 is 0 Å². The molecule has 5 N–H and O–H groups in total. The number of anilines is 1. The van der Waals surface area contributed by atoms with Crippen LogP contribution in [0.4, 0.5) is 5.69 Å². The van der Waals surface area contributed by atoms with Crippen molar-refractivity contribution >= 4 is 29.3 Å². The second-order valence-electron chi connectivity index (χ2n) is 8.44. The van der Waals surface area contributed by atoms with Gasteiger partial charge in [-0.3, -0.25) is 24.1 Å². The molecule has 0 radical (unpaired) electrons. The van der Waals surface area contributed by atoms with E-state index in [1.165, 1.54) is 4.90 Å². The van der Waals surface area contributed by atoms with Crippen molar-refractivity contribution in [3.05, 3.63) is 65.7 Å². The number of hydrogen-bond acceptors (Lipinski definition) is 4. The van der Waals surface area contributed by atoms with E-state index < -0.39 is 29.3 Å². The first-order valence-electron chi connectivity index (χ1n) is 10.4. The van der Waals surface area contributed by atoms with Crippen molar-refractivity contribution in [1.29, 1.82) is 0 Å². The van der Waals surface area contributed by atoms with Gasteiger partial charge in [0.1, 0.15) is 17.9 Å². The minimum absolute atomic E-state index is 0.0795. The number of fused-ring (bicyclic) bond motifs is 4. The van der Waals surface area contributed by atoms with Gasteiger partial charge in [0.2, 0.25) is 23.3 Å². The molecule has 0 aliphatic carbocycles. The van der Waals surface area contributed by atoms with Gasteiger partial charge in [0.05, 0.1) is 12.1 Å². The summed E-state index contributed by atoms with van der Waals surface area (Å²) in [5.74, 6) is -3.23. The molecule has 2 fully saturated rings. The van der Waals surface area contributed by atoms with Gasteiger partial charge in [0, 0.05) is 12.1 Å². The molecule has 0 unspecified atom stereocenters. The van der Waals surface area contributed by atoms with Gasteiger partial charge in [-0.15, -0.1) is 0 Å². The minimum atomic E-state index is -1.27. The molecule has 0 aromatic heterocycles. The number of nitrogens with zero attached hydrogens (tertiary/aromatic N) is 1. The highest BCUT2D eigenvalue weighted by molar-refractivity contribution is 6.14. The number of nitrogens with one attached hydrogen (secondary N) is 1. The van der Waals surface area contributed by atoms with Crippen LogP contribution in [-0.4, -0.2) is 41.1 Å². The van der Waals surface area contributed by atoms with Crippen LogP contribution in [-0.2, 0) is 31.1 Å². The van der Waals surface area contributed by atoms with Crippen LogP contribution in [0.3, 0.4) is 0 Å². The molecule has 8 heteroatoms. The first-order chi connectivity index (χ1) is 14.9. The number of carbonyl (C=O) groups excluding carboxylic acids is 4. The Morgan fingerprint density at radius 1 is 1.03 bits per heavy atom. The zero-order valence-corrected chi connectivity index (χ0v) is 16.8. The predicted molar refractivity (Wildman–Crippen MR) is 110 cm³/mol. The number of rotatable bonds is 5. The fourth-order valence-electron chi connectivity index (χ4n) is 5.51. The van der Waals surface area contributed by atoms with Crippen molar-refractivity contribution in [2.45, 2.75) is 24.4 Å². The lowest BCUT2D eigenvalue weighted by Gasteiger charge is -2.26. The van der Waals surface area contributed by atoms with Crippen molar-refractivity contribution in [2.24, 2.45) is 17.6 Å². The summed E-state index contributed by atoms with van der Waals surface area (Å²) in [6, 6.07) is 16.2. The second-order valence-corrected chi connectivity index (χ2v) is 8.44. The third-order valence-electron chi connectivity index (χ3n) is 6.77. The standard InChI is InChI=1S/C23H22N4O4/c24-17(28)12-16-18-19(23(26-16)14-8-4-5-9-15(14)25-22(23)31)21(30)27(20(18)29)11-10-13-6-2-1-3-7-13/h1-9,16,18-19,26H,10-12H2,(H2,24,28)(H,25,31)/p+1/t16-,18-,19+,23-/m1/s1. The van der Waals surface area contributed by atoms with Crippen molar-refractivity contribution in [3.8, 4) is 0 Å². The lowest BCUT2D eigenvalue weighted by molar-refractivity contribution is -0.732. The second kappa shape index (κ2) is 7.02. The van der Waals surface area contributed by atoms with Crippen LogP contribution in [0.25, 0.3) is 0 Å². The maximum atomic E-state index is 13.6. The lowest BCUT2D eigenvalue weighted by Crippen LogP contribution is -2.99. The Morgan fingerprint density at radius 2 is 1.74 bits per heavy atom. The summed E-state index contributed by atoms with van der Waals surface area (Å²) in [7, 11) is 0. The van der Waals surface area contributed by atoms with E-state index in [1.54, 1.807) is 29.6 Å². The van der Waals surface area contributed by atoms with Gasteiger partial charge in [0.15, 0.2) is 0 Å². The van der Waals surface area contributed by atoms with E-state index in [4.69, 9.17) is 5.73 Å². The van der Waals surface area contributed by atoms with Gasteiger partial charge in [0.25, 0.3) is 5.91 Å². The summed E-state index contributed by atoms with van der Waals surface area (Å²) in [6.45, 7) is 0.233. The first kappa shape index (κ1) is 19.4. The van der Waals surface area contributed by atoms with Crippen molar-refractivity contribution in [3.63, 3.8) is 0 Å². The Morgan fingerprint density at radius 3 is 2.48 bits per heavy atom. The van der Waals surface area contributed by atoms with Gasteiger partial charge in [-0.2, -0.15) is 0 Å². The van der Waals surface area contributed by atoms with Crippen LogP contribution in [0, 0.1) is 11.8 Å². The molecular formula is C23H23N4O4+. The van der Waals surface area contributed by atoms with Crippen LogP contribution in [0.1, 0.15) is 17.5 Å². The van der Waals surface area contributed by atoms with Crippen molar-refractivity contribution in [2.75, 3.05) is 11.9 Å². The molecule has 1 spiro atoms. The fraction of sp³-hybridized carbons (Fsp3) is 0.304. The molecule has 31 heavy (non-hydrogen) atoms. The maximum Gasteiger partial charge on any atom is 0.291 e. The minimum Gasteiger partial charge on any atom is -0.369 e. The molecule has 0 bridgehead atoms. The summed E-state index contributed by atoms with van der Waals surface area (Å²) in [5, 5.41) is 4.58. The predicted octanol–water partition coefficient (Wildman–Crippen LogP) is -0.501. The number of benzene rings is 2. The molecule has 3 aliphatic heterocycles. The molecular weight excluding hydrogens is 396 g/mol. The molecule has 2 saturated heterocycles. The van der Waals surface area contributed by atoms with Crippen LogP contribution in [0.2, 0.25) is 0 Å². The highest BCUT2D eigenvalue weighted by Crippen LogP contribution is 2.49. The van der Waals surface area contributed by atoms with Crippen LogP contribution < -0.4 is 16.4 Å². The van der Waals surface area contributed by atoms with E-state index in [0.717, 1.165) is 5.56 Å². The van der Waals surface area contributed by atoms with E-state index in [2.05, 4.69) is 5.32 Å². The fourth-order valence-corrected chi connectivity index (χ4v) is 5.51. The number of imide groups is 1. The maximum absolute atomic E-state index is 13.6. The highest BCUT2D eigenvalue weighted by atomic mass is 16.2. The largest absolute Gasteiger partial charge is 0.369 e. The Bertz CT molecular complexity index is 1100. The number of likely N-dealkylation sites (tertiary alicyclic amines) is 1. The summed E-state index contributed by atoms with van der Waals surface area (Å²) in [5.41, 5.74) is 6.50. The van der Waals surface area contributed by atoms with E-state index in [0.29, 0.717) is 17.7 Å². The van der Waals surface area contributed by atoms with Gasteiger partial charge in [-0.05, 0) is 18.1 Å². The monoisotopic (exact) mass is 419 g/mol. The number of para-hydroxylation sites is 1. The Kier molecular flexibility index (Phi) is 4.40. The summed E-state index contributed by atoms with van der Waals surface area (Å²) >= 11 is 0. The van der Waals surface area contributed by atoms with Gasteiger partial charge in [-0.1, -0.05) is 48.5 Å². The Labute approximate surface area is 178 Å². The number of primary amides is 1. The highest BCUT2D eigenvalue weighted by Gasteiger charge is 2.74. The quantitative estimate of drug-likeness (QED) is 0.565. The zero-order chi connectivity index (χ0) is 21.8. The van der Waals surface area contributed by atoms with E-state index in [-0.39, 0.29) is 30.7 Å². The topological polar surface area (TPSA) is 126 Å². The molecule has 158 valence electrons. The molecule has 4 amide bonds. The molecule has 2 aromatic rings. The molecule has 5 rings (SSSR count). The van der Waals surface area contributed by atoms with Crippen molar-refractivity contribution < 1.29 is 24.5 Å². The summed E-state index contributed by atoms with van der Waals surface area (Å²) < 4.78 is 0. The third kappa shape index (κ3) is 2.79. The van der Waals surface area contributed by atoms with Crippen LogP contribution in [0.15, 0.2) is 54.6 Å². The molecule has 3 heterocycles. The zero-order valence-electron chi connectivity index (χ0n) is 16.8. The molecule has 4 atom stereocenters. The summed E-state index contributed by atoms with van der Waals surface area (Å²) in [4.78, 5) is 53.2. The molecule has 3 aliphatic rings. The average Bonchev–Trinajstić information content (AvgIpc) is 3.32. The van der Waals surface area contributed by atoms with Crippen LogP contribution >= 0.6 is 0 Å². The molecule has 2 aromatic carbocycles. The Hall–Kier alpha value is -3.52. The first-order valence-corrected chi connectivity index (χ1v) is 10.4. The SMILES string of the molecule is NC(=O)C[C@H]1[NH2+][C@@]2(C(=O)Nc3ccccc32)[C@@H]2C(=O)N(CCc3ccccc3)C(=O)[C@@H]21. The molecule has 8 nitrogen and oxygen atoms in total. The Balaban J connectivity index is 1.53. The smallest absolute Gasteiger partial charge is 0.291 e. The third-order valence-corrected chi connectivity index (χ3v) is 6.77. The van der Waals surface area contributed by atoms with E-state index >= 15 is 0 Å². The van der Waals surface area contributed by atoms with Gasteiger partial charge < -0.3 is 16.4 Å². The molecule has 0 saturated carbocycles. The average molecular weight is 419 g/mol. The van der Waals surface area contributed by atoms with E-state index in [1.807, 2.05) is 30.3 Å². The summed E-state index contributed by atoms with van der Waals surface area (Å²) in [6.07, 6.45) is 0.446. The van der Waals surface area contributed by atoms with Gasteiger partial charge in [-0.25, -0.2) is 0 Å². The van der Waals surface area contributed by atoms with E-state index in [9.17, 15) is 19.2 Å². The number of carbonyl (C=O) groups is 4. The normalized spacial score (nSPS) is 28.7.